The third-order valence-corrected chi connectivity index (χ3v) is 3.95. The number of rotatable bonds is 9. The molecule has 5 heteroatoms. The second-order valence-electron chi connectivity index (χ2n) is 4.74. The van der Waals surface area contributed by atoms with E-state index in [2.05, 4.69) is 43.1 Å². The van der Waals surface area contributed by atoms with E-state index in [-0.39, 0.29) is 0 Å². The van der Waals surface area contributed by atoms with E-state index in [4.69, 9.17) is 0 Å². The van der Waals surface area contributed by atoms with Crippen LogP contribution in [0.15, 0.2) is 6.33 Å². The van der Waals surface area contributed by atoms with Gasteiger partial charge in [0.05, 0.1) is 0 Å². The summed E-state index contributed by atoms with van der Waals surface area (Å²) >= 11 is 2.00. The molecule has 18 heavy (non-hydrogen) atoms. The minimum atomic E-state index is 0.488. The van der Waals surface area contributed by atoms with Crippen molar-refractivity contribution in [3.8, 4) is 0 Å². The molecule has 1 rings (SSSR count). The van der Waals surface area contributed by atoms with Crippen LogP contribution in [-0.4, -0.2) is 38.4 Å². The van der Waals surface area contributed by atoms with Crippen molar-refractivity contribution in [1.82, 2.24) is 20.1 Å². The largest absolute Gasteiger partial charge is 0.313 e. The van der Waals surface area contributed by atoms with E-state index in [1.807, 2.05) is 16.4 Å². The number of hydrogen-bond acceptors (Lipinski definition) is 4. The first-order valence-electron chi connectivity index (χ1n) is 6.89. The molecule has 0 saturated carbocycles. The Kier molecular flexibility index (Phi) is 7.35. The molecule has 0 aliphatic carbocycles. The van der Waals surface area contributed by atoms with Gasteiger partial charge in [0.2, 0.25) is 0 Å². The maximum Gasteiger partial charge on any atom is 0.138 e. The van der Waals surface area contributed by atoms with E-state index in [1.54, 1.807) is 6.33 Å². The van der Waals surface area contributed by atoms with Crippen LogP contribution in [0.25, 0.3) is 0 Å². The molecule has 0 spiro atoms. The minimum Gasteiger partial charge on any atom is -0.313 e. The third-order valence-electron chi connectivity index (χ3n) is 2.68. The van der Waals surface area contributed by atoms with E-state index in [0.717, 1.165) is 37.5 Å². The molecule has 0 aliphatic heterocycles. The zero-order valence-electron chi connectivity index (χ0n) is 12.0. The Bertz CT molecular complexity index is 325. The van der Waals surface area contributed by atoms with Gasteiger partial charge in [-0.1, -0.05) is 27.7 Å². The van der Waals surface area contributed by atoms with E-state index < -0.39 is 0 Å². The molecule has 0 bridgehead atoms. The topological polar surface area (TPSA) is 42.7 Å². The summed E-state index contributed by atoms with van der Waals surface area (Å²) < 4.78 is 2.03. The smallest absolute Gasteiger partial charge is 0.138 e. The predicted molar refractivity (Wildman–Crippen MR) is 79.1 cm³/mol. The molecule has 1 unspecified atom stereocenters. The van der Waals surface area contributed by atoms with E-state index in [0.29, 0.717) is 11.3 Å². The van der Waals surface area contributed by atoms with Crippen molar-refractivity contribution in [2.75, 3.05) is 12.3 Å². The first-order chi connectivity index (χ1) is 8.67. The normalized spacial score (nSPS) is 13.2. The molecule has 1 N–H and O–H groups in total. The van der Waals surface area contributed by atoms with E-state index in [1.165, 1.54) is 0 Å². The first kappa shape index (κ1) is 15.5. The maximum absolute atomic E-state index is 4.39. The summed E-state index contributed by atoms with van der Waals surface area (Å²) in [6.07, 6.45) is 3.74. The Morgan fingerprint density at radius 1 is 1.39 bits per heavy atom. The lowest BCUT2D eigenvalue weighted by Crippen LogP contribution is -2.34. The van der Waals surface area contributed by atoms with Gasteiger partial charge in [-0.2, -0.15) is 16.9 Å². The second kappa shape index (κ2) is 8.53. The van der Waals surface area contributed by atoms with Crippen LogP contribution in [0.4, 0.5) is 0 Å². The number of aromatic nitrogens is 3. The zero-order valence-corrected chi connectivity index (χ0v) is 12.8. The highest BCUT2D eigenvalue weighted by Gasteiger charge is 2.13. The number of likely N-dealkylation sites (N-methyl/N-ethyl adjacent to an activating group) is 1. The third kappa shape index (κ3) is 5.40. The van der Waals surface area contributed by atoms with Crippen molar-refractivity contribution in [2.45, 2.75) is 58.4 Å². The van der Waals surface area contributed by atoms with Crippen molar-refractivity contribution < 1.29 is 0 Å². The fourth-order valence-corrected chi connectivity index (χ4v) is 2.71. The summed E-state index contributed by atoms with van der Waals surface area (Å²) in [4.78, 5) is 4.39. The molecule has 0 fully saturated rings. The van der Waals surface area contributed by atoms with Crippen molar-refractivity contribution in [3.63, 3.8) is 0 Å². The molecule has 0 amide bonds. The summed E-state index contributed by atoms with van der Waals surface area (Å²) in [6, 6.07) is 0.488. The van der Waals surface area contributed by atoms with Gasteiger partial charge >= 0.3 is 0 Å². The highest BCUT2D eigenvalue weighted by molar-refractivity contribution is 7.99. The quantitative estimate of drug-likeness (QED) is 0.748. The van der Waals surface area contributed by atoms with Crippen LogP contribution in [0.5, 0.6) is 0 Å². The van der Waals surface area contributed by atoms with Crippen LogP contribution in [-0.2, 0) is 13.0 Å². The number of nitrogens with zero attached hydrogens (tertiary/aromatic N) is 3. The number of aryl methyl sites for hydroxylation is 1. The molecule has 0 aliphatic rings. The monoisotopic (exact) mass is 270 g/mol. The molecule has 4 nitrogen and oxygen atoms in total. The van der Waals surface area contributed by atoms with Gasteiger partial charge in [0.25, 0.3) is 0 Å². The molecular weight excluding hydrogens is 244 g/mol. The Hall–Kier alpha value is -0.550. The first-order valence-corrected chi connectivity index (χ1v) is 7.93. The average Bonchev–Trinajstić information content (AvgIpc) is 2.74. The van der Waals surface area contributed by atoms with Gasteiger partial charge in [-0.05, 0) is 18.2 Å². The Balaban J connectivity index is 2.55. The Morgan fingerprint density at radius 2 is 2.17 bits per heavy atom. The van der Waals surface area contributed by atoms with Crippen LogP contribution >= 0.6 is 11.8 Å². The summed E-state index contributed by atoms with van der Waals surface area (Å²) in [5.41, 5.74) is 0. The molecule has 104 valence electrons. The van der Waals surface area contributed by atoms with Gasteiger partial charge in [-0.25, -0.2) is 4.98 Å². The van der Waals surface area contributed by atoms with Gasteiger partial charge in [-0.3, -0.25) is 4.68 Å². The van der Waals surface area contributed by atoms with Crippen LogP contribution in [0.1, 0.15) is 39.9 Å². The minimum absolute atomic E-state index is 0.488. The van der Waals surface area contributed by atoms with E-state index in [9.17, 15) is 0 Å². The molecular formula is C13H26N4S. The lowest BCUT2D eigenvalue weighted by Gasteiger charge is -2.18. The number of hydrogen-bond donors (Lipinski definition) is 1. The summed E-state index contributed by atoms with van der Waals surface area (Å²) in [5.74, 6) is 2.23. The Labute approximate surface area is 115 Å². The van der Waals surface area contributed by atoms with E-state index >= 15 is 0 Å². The van der Waals surface area contributed by atoms with Crippen LogP contribution < -0.4 is 5.32 Å². The van der Waals surface area contributed by atoms with Gasteiger partial charge in [0.15, 0.2) is 0 Å². The highest BCUT2D eigenvalue weighted by atomic mass is 32.2. The van der Waals surface area contributed by atoms with Gasteiger partial charge in [0, 0.05) is 24.8 Å². The fraction of sp³-hybridized carbons (Fsp3) is 0.846. The van der Waals surface area contributed by atoms with Crippen molar-refractivity contribution >= 4 is 11.8 Å². The van der Waals surface area contributed by atoms with Crippen molar-refractivity contribution in [3.05, 3.63) is 12.2 Å². The average molecular weight is 270 g/mol. The van der Waals surface area contributed by atoms with Crippen molar-refractivity contribution in [1.29, 1.82) is 0 Å². The molecule has 1 atom stereocenters. The number of thioether (sulfide) groups is 1. The molecule has 0 radical (unpaired) electrons. The molecule has 1 aromatic rings. The van der Waals surface area contributed by atoms with Gasteiger partial charge in [-0.15, -0.1) is 0 Å². The number of nitrogens with one attached hydrogen (secondary N) is 1. The van der Waals surface area contributed by atoms with Crippen LogP contribution in [0.3, 0.4) is 0 Å². The molecule has 1 heterocycles. The highest BCUT2D eigenvalue weighted by Crippen LogP contribution is 2.13. The predicted octanol–water partition coefficient (Wildman–Crippen LogP) is 2.35. The molecule has 0 aromatic carbocycles. The summed E-state index contributed by atoms with van der Waals surface area (Å²) in [5, 5.41) is 8.51. The van der Waals surface area contributed by atoms with Gasteiger partial charge in [0.1, 0.15) is 12.2 Å². The SMILES string of the molecule is CCCn1ncnc1CC(CSC(C)C)NCC. The maximum atomic E-state index is 4.39. The standard InChI is InChI=1S/C13H26N4S/c1-5-7-17-13(15-10-16-17)8-12(14-6-2)9-18-11(3)4/h10-12,14H,5-9H2,1-4H3. The van der Waals surface area contributed by atoms with Crippen molar-refractivity contribution in [2.24, 2.45) is 0 Å². The second-order valence-corrected chi connectivity index (χ2v) is 6.35. The summed E-state index contributed by atoms with van der Waals surface area (Å²) in [6.45, 7) is 10.8. The lowest BCUT2D eigenvalue weighted by molar-refractivity contribution is 0.512. The summed E-state index contributed by atoms with van der Waals surface area (Å²) in [7, 11) is 0. The molecule has 0 saturated heterocycles. The van der Waals surface area contributed by atoms with Crippen LogP contribution in [0.2, 0.25) is 0 Å². The zero-order chi connectivity index (χ0) is 13.4. The molecule has 1 aromatic heterocycles. The van der Waals surface area contributed by atoms with Gasteiger partial charge < -0.3 is 5.32 Å². The fourth-order valence-electron chi connectivity index (χ4n) is 1.85. The Morgan fingerprint density at radius 3 is 2.78 bits per heavy atom. The van der Waals surface area contributed by atoms with Crippen LogP contribution in [0, 0.1) is 0 Å². The lowest BCUT2D eigenvalue weighted by atomic mass is 10.2.